The molecule has 2 heterocycles. The number of aromatic nitrogens is 2. The highest BCUT2D eigenvalue weighted by Gasteiger charge is 2.51. The lowest BCUT2D eigenvalue weighted by molar-refractivity contribution is -0.156. The van der Waals surface area contributed by atoms with E-state index in [4.69, 9.17) is 14.7 Å². The number of phosphoric ester groups is 2. The number of hydrogen-bond acceptors (Lipinski definition) is 17. The number of carbonyl (C=O) groups excluding carboxylic acids is 1. The molecular formula is C19H27N3O20P4. The highest BCUT2D eigenvalue weighted by molar-refractivity contribution is 7.70. The topological polar surface area (TPSA) is 327 Å². The van der Waals surface area contributed by atoms with Gasteiger partial charge in [-0.05, 0) is 18.6 Å². The number of para-hydroxylation sites is 1. The first-order valence-corrected chi connectivity index (χ1v) is 18.4. The van der Waals surface area contributed by atoms with E-state index >= 15 is 0 Å². The Morgan fingerprint density at radius 2 is 1.61 bits per heavy atom. The van der Waals surface area contributed by atoms with Crippen molar-refractivity contribution >= 4 is 43.1 Å². The zero-order valence-corrected chi connectivity index (χ0v) is 26.6. The molecule has 0 bridgehead atoms. The van der Waals surface area contributed by atoms with Crippen LogP contribution < -0.4 is 16.6 Å². The van der Waals surface area contributed by atoms with E-state index in [1.165, 1.54) is 19.1 Å². The standard InChI is InChI=1S/C19H27N3O20P4/c1-2-10-35-43(28,29)40-45(32,33)42-46(34,39-27)41-44(30,31)36-11-13-15(24)16(38-19(26)20-12-6-4-3-5-7-12)17(37-13)22-9-8-14(23)21-18(22)25/h3-9,13,15-17,24,27H,2,10-11H2,1H3,(H,20,26)(H,28,29)(H,30,31)(H,32,33)(H,21,23,25)/t13-,15?,16+,17-,46?/m1/s1. The molecular weight excluding hydrogens is 714 g/mol. The third-order valence-corrected chi connectivity index (χ3v) is 11.4. The number of hydrogen-bond donors (Lipinski definition) is 7. The van der Waals surface area contributed by atoms with Crippen molar-refractivity contribution < 1.29 is 84.2 Å². The van der Waals surface area contributed by atoms with E-state index in [9.17, 15) is 52.4 Å². The second kappa shape index (κ2) is 15.7. The van der Waals surface area contributed by atoms with E-state index < -0.39 is 86.4 Å². The van der Waals surface area contributed by atoms with E-state index in [2.05, 4.69) is 32.0 Å². The van der Waals surface area contributed by atoms with Gasteiger partial charge in [0, 0.05) is 18.0 Å². The normalized spacial score (nSPS) is 25.0. The predicted molar refractivity (Wildman–Crippen MR) is 148 cm³/mol. The molecule has 5 unspecified atom stereocenters. The van der Waals surface area contributed by atoms with E-state index in [-0.39, 0.29) is 12.1 Å². The molecule has 0 radical (unpaired) electrons. The molecule has 8 atom stereocenters. The van der Waals surface area contributed by atoms with Gasteiger partial charge in [0.2, 0.25) is 0 Å². The molecule has 0 aliphatic carbocycles. The van der Waals surface area contributed by atoms with Crippen molar-refractivity contribution in [2.45, 2.75) is 37.9 Å². The molecule has 1 saturated heterocycles. The van der Waals surface area contributed by atoms with Crippen molar-refractivity contribution in [3.63, 3.8) is 0 Å². The summed E-state index contributed by atoms with van der Waals surface area (Å²) in [5.74, 6) is 0. The van der Waals surface area contributed by atoms with Gasteiger partial charge in [-0.3, -0.25) is 28.7 Å². The minimum absolute atomic E-state index is 0.145. The Morgan fingerprint density at radius 3 is 2.22 bits per heavy atom. The first kappa shape index (κ1) is 38.1. The fourth-order valence-electron chi connectivity index (χ4n) is 3.49. The lowest BCUT2D eigenvalue weighted by Gasteiger charge is -2.22. The average Bonchev–Trinajstić information content (AvgIpc) is 3.24. The lowest BCUT2D eigenvalue weighted by Crippen LogP contribution is -2.41. The highest BCUT2D eigenvalue weighted by atomic mass is 31.3. The molecule has 1 fully saturated rings. The second-order valence-corrected chi connectivity index (χ2v) is 15.1. The number of aromatic amines is 1. The Hall–Kier alpha value is -2.39. The number of nitrogens with one attached hydrogen (secondary N) is 2. The van der Waals surface area contributed by atoms with Crippen LogP contribution in [0.15, 0.2) is 52.2 Å². The van der Waals surface area contributed by atoms with Crippen molar-refractivity contribution in [2.75, 3.05) is 18.5 Å². The zero-order valence-electron chi connectivity index (χ0n) is 23.1. The minimum Gasteiger partial charge on any atom is -0.438 e. The maximum Gasteiger partial charge on any atom is 0.519 e. The van der Waals surface area contributed by atoms with Gasteiger partial charge in [0.25, 0.3) is 5.56 Å². The summed E-state index contributed by atoms with van der Waals surface area (Å²) < 4.78 is 83.8. The molecule has 1 aliphatic heterocycles. The first-order chi connectivity index (χ1) is 21.4. The molecule has 1 aromatic carbocycles. The number of anilines is 1. The summed E-state index contributed by atoms with van der Waals surface area (Å²) in [5.41, 5.74) is -1.63. The summed E-state index contributed by atoms with van der Waals surface area (Å²) in [6.45, 7) is -0.168. The van der Waals surface area contributed by atoms with Gasteiger partial charge in [-0.15, -0.1) is 4.67 Å². The van der Waals surface area contributed by atoms with Crippen LogP contribution in [0.3, 0.4) is 0 Å². The summed E-state index contributed by atoms with van der Waals surface area (Å²) >= 11 is 0. The molecule has 1 amide bonds. The van der Waals surface area contributed by atoms with Crippen LogP contribution in [0.2, 0.25) is 0 Å². The van der Waals surface area contributed by atoms with E-state index in [1.807, 2.05) is 4.98 Å². The number of aliphatic hydroxyl groups is 1. The van der Waals surface area contributed by atoms with Gasteiger partial charge in [0.1, 0.15) is 12.2 Å². The average molecular weight is 741 g/mol. The third kappa shape index (κ3) is 11.1. The molecule has 2 aromatic rings. The van der Waals surface area contributed by atoms with Crippen molar-refractivity contribution in [2.24, 2.45) is 0 Å². The highest BCUT2D eigenvalue weighted by Crippen LogP contribution is 2.73. The molecule has 7 N–H and O–H groups in total. The minimum atomic E-state index is -6.04. The molecule has 1 aliphatic rings. The predicted octanol–water partition coefficient (Wildman–Crippen LogP) is 1.80. The van der Waals surface area contributed by atoms with Crippen LogP contribution in [0, 0.1) is 0 Å². The Morgan fingerprint density at radius 1 is 0.978 bits per heavy atom. The number of phosphoric acid groups is 4. The van der Waals surface area contributed by atoms with Crippen LogP contribution in [-0.2, 0) is 54.4 Å². The second-order valence-electron chi connectivity index (χ2n) is 8.74. The van der Waals surface area contributed by atoms with Crippen LogP contribution in [-0.4, -0.2) is 72.2 Å². The molecule has 23 nitrogen and oxygen atoms in total. The van der Waals surface area contributed by atoms with E-state index in [1.54, 1.807) is 18.2 Å². The molecule has 3 rings (SSSR count). The summed E-state index contributed by atoms with van der Waals surface area (Å²) in [4.78, 5) is 67.4. The van der Waals surface area contributed by atoms with Crippen LogP contribution in [0.1, 0.15) is 19.6 Å². The number of amides is 1. The van der Waals surface area contributed by atoms with Crippen LogP contribution >= 0.6 is 31.3 Å². The number of aliphatic hydroxyl groups excluding tert-OH is 1. The summed E-state index contributed by atoms with van der Waals surface area (Å²) in [5, 5.41) is 22.1. The van der Waals surface area contributed by atoms with Gasteiger partial charge >= 0.3 is 43.1 Å². The van der Waals surface area contributed by atoms with Gasteiger partial charge in [-0.2, -0.15) is 12.9 Å². The largest absolute Gasteiger partial charge is 0.519 e. The molecule has 0 saturated carbocycles. The number of nitrogens with zero attached hydrogens (tertiary/aromatic N) is 1. The van der Waals surface area contributed by atoms with Gasteiger partial charge < -0.3 is 29.3 Å². The fourth-order valence-corrected chi connectivity index (χ4v) is 8.70. The zero-order chi connectivity index (χ0) is 34.3. The van der Waals surface area contributed by atoms with Gasteiger partial charge in [-0.25, -0.2) is 33.1 Å². The van der Waals surface area contributed by atoms with Crippen molar-refractivity contribution in [3.8, 4) is 0 Å². The van der Waals surface area contributed by atoms with Crippen molar-refractivity contribution in [1.29, 1.82) is 0 Å². The van der Waals surface area contributed by atoms with Crippen molar-refractivity contribution in [3.05, 3.63) is 63.4 Å². The number of H-pyrrole nitrogens is 1. The van der Waals surface area contributed by atoms with Crippen LogP contribution in [0.4, 0.5) is 10.5 Å². The first-order valence-electron chi connectivity index (χ1n) is 12.4. The summed E-state index contributed by atoms with van der Waals surface area (Å²) in [6.07, 6.45) is -7.24. The number of benzene rings is 1. The maximum atomic E-state index is 12.5. The van der Waals surface area contributed by atoms with E-state index in [0.717, 1.165) is 12.3 Å². The SMILES string of the molecule is CCCOP(=O)(O)OP(=O)(O)OP(=O)(OO)OP(=O)(O)OC[C@H]1O[C@@H](n2ccc(=O)[nH]c2=O)[C@@H](OC(=O)Nc2ccccc2)C1O. The van der Waals surface area contributed by atoms with Crippen LogP contribution in [0.5, 0.6) is 0 Å². The van der Waals surface area contributed by atoms with E-state index in [0.29, 0.717) is 4.57 Å². The molecule has 46 heavy (non-hydrogen) atoms. The molecule has 258 valence electrons. The van der Waals surface area contributed by atoms with Gasteiger partial charge in [0.15, 0.2) is 12.3 Å². The smallest absolute Gasteiger partial charge is 0.438 e. The number of carbonyl (C=O) groups is 1. The third-order valence-electron chi connectivity index (χ3n) is 5.27. The monoisotopic (exact) mass is 741 g/mol. The van der Waals surface area contributed by atoms with Gasteiger partial charge in [-0.1, -0.05) is 25.1 Å². The molecule has 1 aromatic heterocycles. The van der Waals surface area contributed by atoms with Crippen molar-refractivity contribution in [1.82, 2.24) is 9.55 Å². The number of rotatable bonds is 16. The lowest BCUT2D eigenvalue weighted by atomic mass is 10.1. The molecule has 0 spiro atoms. The summed E-state index contributed by atoms with van der Waals surface area (Å²) in [7, 11) is -23.2. The maximum absolute atomic E-state index is 12.5. The Bertz CT molecular complexity index is 1670. The number of ether oxygens (including phenoxy) is 2. The quantitative estimate of drug-likeness (QED) is 0.0732. The fraction of sp³-hybridized carbons (Fsp3) is 0.421. The molecule has 27 heteroatoms. The Balaban J connectivity index is 1.74. The Labute approximate surface area is 256 Å². The summed E-state index contributed by atoms with van der Waals surface area (Å²) in [6, 6.07) is 8.69. The van der Waals surface area contributed by atoms with Gasteiger partial charge in [0.05, 0.1) is 13.2 Å². The van der Waals surface area contributed by atoms with Crippen LogP contribution in [0.25, 0.3) is 0 Å². The Kier molecular flexibility index (Phi) is 13.0.